The monoisotopic (exact) mass is 405 g/mol. The summed E-state index contributed by atoms with van der Waals surface area (Å²) in [7, 11) is 0. The van der Waals surface area contributed by atoms with Crippen LogP contribution >= 0.6 is 0 Å². The fourth-order valence-corrected chi connectivity index (χ4v) is 3.89. The first-order chi connectivity index (χ1) is 14.6. The number of halogens is 1. The largest absolute Gasteiger partial charge is 0.489 e. The molecule has 0 aliphatic heterocycles. The van der Waals surface area contributed by atoms with Crippen molar-refractivity contribution in [1.82, 2.24) is 4.98 Å². The van der Waals surface area contributed by atoms with Gasteiger partial charge in [-0.05, 0) is 79.1 Å². The Morgan fingerprint density at radius 2 is 1.93 bits per heavy atom. The second-order valence-corrected chi connectivity index (χ2v) is 7.66. The zero-order valence-corrected chi connectivity index (χ0v) is 16.7. The molecule has 5 heteroatoms. The molecule has 0 fully saturated rings. The molecule has 2 aromatic carbocycles. The van der Waals surface area contributed by atoms with Gasteiger partial charge in [-0.3, -0.25) is 9.78 Å². The molecule has 3 aromatic rings. The van der Waals surface area contributed by atoms with Crippen LogP contribution in [0.4, 0.5) is 4.39 Å². The molecular formula is C25H24FNO3. The van der Waals surface area contributed by atoms with Crippen LogP contribution in [0.5, 0.6) is 5.75 Å². The van der Waals surface area contributed by atoms with Crippen LogP contribution in [-0.2, 0) is 30.7 Å². The summed E-state index contributed by atoms with van der Waals surface area (Å²) < 4.78 is 19.8. The number of benzene rings is 2. The van der Waals surface area contributed by atoms with Crippen LogP contribution in [0, 0.1) is 5.82 Å². The Hall–Kier alpha value is -3.21. The number of fused-ring (bicyclic) bond motifs is 1. The van der Waals surface area contributed by atoms with Gasteiger partial charge in [0.1, 0.15) is 18.2 Å². The first-order valence-corrected chi connectivity index (χ1v) is 10.3. The van der Waals surface area contributed by atoms with E-state index in [1.807, 2.05) is 30.5 Å². The van der Waals surface area contributed by atoms with Gasteiger partial charge in [0.2, 0.25) is 0 Å². The maximum absolute atomic E-state index is 13.9. The zero-order chi connectivity index (χ0) is 20.9. The van der Waals surface area contributed by atoms with E-state index < -0.39 is 5.97 Å². The highest BCUT2D eigenvalue weighted by Gasteiger charge is 2.15. The average Bonchev–Trinajstić information content (AvgIpc) is 3.21. The Morgan fingerprint density at radius 3 is 2.73 bits per heavy atom. The molecule has 0 amide bonds. The standard InChI is InChI=1S/C25H24FNO3/c26-21-9-12-23(19-13-18-4-2-5-24(18)27-15-19)20(14-21)16-30-22-10-7-17(8-11-22)3-1-6-25(28)29/h7-15H,1-6,16H2,(H,28,29). The van der Waals surface area contributed by atoms with Crippen molar-refractivity contribution in [3.63, 3.8) is 0 Å². The third-order valence-electron chi connectivity index (χ3n) is 5.47. The predicted molar refractivity (Wildman–Crippen MR) is 113 cm³/mol. The number of rotatable bonds is 8. The summed E-state index contributed by atoms with van der Waals surface area (Å²) in [6.07, 6.45) is 6.56. The van der Waals surface area contributed by atoms with E-state index in [1.165, 1.54) is 23.4 Å². The van der Waals surface area contributed by atoms with Gasteiger partial charge in [0.25, 0.3) is 0 Å². The molecule has 1 N–H and O–H groups in total. The molecule has 154 valence electrons. The smallest absolute Gasteiger partial charge is 0.303 e. The van der Waals surface area contributed by atoms with Crippen molar-refractivity contribution >= 4 is 5.97 Å². The van der Waals surface area contributed by atoms with Gasteiger partial charge in [-0.15, -0.1) is 0 Å². The molecule has 0 spiro atoms. The summed E-state index contributed by atoms with van der Waals surface area (Å²) in [4.78, 5) is 15.2. The van der Waals surface area contributed by atoms with Gasteiger partial charge in [0, 0.05) is 29.4 Å². The number of carbonyl (C=O) groups is 1. The number of nitrogens with zero attached hydrogens (tertiary/aromatic N) is 1. The molecule has 0 saturated carbocycles. The summed E-state index contributed by atoms with van der Waals surface area (Å²) in [5.74, 6) is -0.376. The number of hydrogen-bond acceptors (Lipinski definition) is 3. The zero-order valence-electron chi connectivity index (χ0n) is 16.7. The van der Waals surface area contributed by atoms with E-state index in [0.717, 1.165) is 41.5 Å². The summed E-state index contributed by atoms with van der Waals surface area (Å²) in [5, 5.41) is 8.73. The van der Waals surface area contributed by atoms with Crippen molar-refractivity contribution < 1.29 is 19.0 Å². The maximum Gasteiger partial charge on any atom is 0.303 e. The molecule has 0 atom stereocenters. The molecule has 1 aliphatic rings. The van der Waals surface area contributed by atoms with Crippen molar-refractivity contribution in [2.45, 2.75) is 45.1 Å². The number of aryl methyl sites for hydroxylation is 3. The van der Waals surface area contributed by atoms with Crippen LogP contribution in [0.3, 0.4) is 0 Å². The number of carboxylic acid groups (broad SMARTS) is 1. The Morgan fingerprint density at radius 1 is 1.10 bits per heavy atom. The fraction of sp³-hybridized carbons (Fsp3) is 0.280. The highest BCUT2D eigenvalue weighted by molar-refractivity contribution is 5.68. The van der Waals surface area contributed by atoms with E-state index in [2.05, 4.69) is 11.1 Å². The van der Waals surface area contributed by atoms with Crippen molar-refractivity contribution in [2.24, 2.45) is 0 Å². The molecule has 0 bridgehead atoms. The van der Waals surface area contributed by atoms with E-state index in [0.29, 0.717) is 18.6 Å². The van der Waals surface area contributed by atoms with Crippen LogP contribution in [0.1, 0.15) is 41.6 Å². The lowest BCUT2D eigenvalue weighted by molar-refractivity contribution is -0.137. The lowest BCUT2D eigenvalue weighted by atomic mass is 9.99. The molecule has 0 unspecified atom stereocenters. The van der Waals surface area contributed by atoms with Gasteiger partial charge < -0.3 is 9.84 Å². The van der Waals surface area contributed by atoms with Gasteiger partial charge in [-0.1, -0.05) is 18.2 Å². The highest BCUT2D eigenvalue weighted by atomic mass is 19.1. The Labute approximate surface area is 175 Å². The maximum atomic E-state index is 13.9. The Balaban J connectivity index is 1.46. The topological polar surface area (TPSA) is 59.4 Å². The minimum absolute atomic E-state index is 0.165. The third kappa shape index (κ3) is 4.85. The quantitative estimate of drug-likeness (QED) is 0.548. The fourth-order valence-electron chi connectivity index (χ4n) is 3.89. The third-order valence-corrected chi connectivity index (χ3v) is 5.47. The first-order valence-electron chi connectivity index (χ1n) is 10.3. The lowest BCUT2D eigenvalue weighted by Gasteiger charge is -2.13. The normalized spacial score (nSPS) is 12.6. The van der Waals surface area contributed by atoms with Crippen molar-refractivity contribution in [1.29, 1.82) is 0 Å². The number of carboxylic acids is 1. The highest BCUT2D eigenvalue weighted by Crippen LogP contribution is 2.29. The van der Waals surface area contributed by atoms with E-state index in [-0.39, 0.29) is 18.8 Å². The second kappa shape index (κ2) is 9.08. The Kier molecular flexibility index (Phi) is 6.07. The van der Waals surface area contributed by atoms with Crippen LogP contribution in [-0.4, -0.2) is 16.1 Å². The van der Waals surface area contributed by atoms with Crippen LogP contribution in [0.2, 0.25) is 0 Å². The van der Waals surface area contributed by atoms with Crippen molar-refractivity contribution in [3.8, 4) is 16.9 Å². The predicted octanol–water partition coefficient (Wildman–Crippen LogP) is 5.36. The van der Waals surface area contributed by atoms with Gasteiger partial charge >= 0.3 is 5.97 Å². The summed E-state index contributed by atoms with van der Waals surface area (Å²) in [6, 6.07) is 14.6. The number of ether oxygens (including phenoxy) is 1. The van der Waals surface area contributed by atoms with E-state index in [4.69, 9.17) is 9.84 Å². The van der Waals surface area contributed by atoms with Crippen LogP contribution < -0.4 is 4.74 Å². The lowest BCUT2D eigenvalue weighted by Crippen LogP contribution is -2.00. The first kappa shape index (κ1) is 20.1. The minimum Gasteiger partial charge on any atom is -0.489 e. The van der Waals surface area contributed by atoms with E-state index in [9.17, 15) is 9.18 Å². The summed E-state index contributed by atoms with van der Waals surface area (Å²) >= 11 is 0. The molecule has 1 heterocycles. The Bertz CT molecular complexity index is 1050. The second-order valence-electron chi connectivity index (χ2n) is 7.66. The molecule has 4 nitrogen and oxygen atoms in total. The van der Waals surface area contributed by atoms with E-state index in [1.54, 1.807) is 6.07 Å². The number of pyridine rings is 1. The molecule has 30 heavy (non-hydrogen) atoms. The molecule has 0 radical (unpaired) electrons. The number of aromatic nitrogens is 1. The number of aliphatic carboxylic acids is 1. The SMILES string of the molecule is O=C(O)CCCc1ccc(OCc2cc(F)ccc2-c2cnc3c(c2)CCC3)cc1. The van der Waals surface area contributed by atoms with Crippen LogP contribution in [0.15, 0.2) is 54.7 Å². The average molecular weight is 405 g/mol. The van der Waals surface area contributed by atoms with Gasteiger partial charge in [-0.25, -0.2) is 4.39 Å². The molecule has 0 saturated heterocycles. The van der Waals surface area contributed by atoms with Crippen LogP contribution in [0.25, 0.3) is 11.1 Å². The molecular weight excluding hydrogens is 381 g/mol. The van der Waals surface area contributed by atoms with Gasteiger partial charge in [0.15, 0.2) is 0 Å². The molecule has 1 aliphatic carbocycles. The number of hydrogen-bond donors (Lipinski definition) is 1. The van der Waals surface area contributed by atoms with Crippen molar-refractivity contribution in [3.05, 3.63) is 82.9 Å². The van der Waals surface area contributed by atoms with Gasteiger partial charge in [0.05, 0.1) is 0 Å². The summed E-state index contributed by atoms with van der Waals surface area (Å²) in [6.45, 7) is 0.253. The van der Waals surface area contributed by atoms with Gasteiger partial charge in [-0.2, -0.15) is 0 Å². The molecule has 1 aromatic heterocycles. The molecule has 4 rings (SSSR count). The minimum atomic E-state index is -0.778. The summed E-state index contributed by atoms with van der Waals surface area (Å²) in [5.41, 5.74) is 6.22. The van der Waals surface area contributed by atoms with E-state index >= 15 is 0 Å². The van der Waals surface area contributed by atoms with Crippen molar-refractivity contribution in [2.75, 3.05) is 0 Å².